The van der Waals surface area contributed by atoms with Gasteiger partial charge in [0.25, 0.3) is 0 Å². The lowest BCUT2D eigenvalue weighted by Crippen LogP contribution is -1.81. The zero-order valence-electron chi connectivity index (χ0n) is 34.8. The van der Waals surface area contributed by atoms with Crippen molar-refractivity contribution in [1.29, 1.82) is 0 Å². The van der Waals surface area contributed by atoms with Crippen LogP contribution in [-0.4, -0.2) is 0 Å². The molecule has 0 nitrogen and oxygen atoms in total. The molecule has 0 atom stereocenters. The van der Waals surface area contributed by atoms with Crippen molar-refractivity contribution in [2.24, 2.45) is 0 Å². The first-order valence-corrected chi connectivity index (χ1v) is 20.9. The van der Waals surface area contributed by atoms with Gasteiger partial charge in [0, 0.05) is 0 Å². The molecule has 0 radical (unpaired) electrons. The highest BCUT2D eigenvalue weighted by molar-refractivity contribution is 6.10. The fourth-order valence-electron chi connectivity index (χ4n) is 8.69. The Labute approximate surface area is 353 Å². The summed E-state index contributed by atoms with van der Waals surface area (Å²) >= 11 is 0. The van der Waals surface area contributed by atoms with Crippen molar-refractivity contribution in [2.75, 3.05) is 0 Å². The molecule has 12 aromatic carbocycles. The highest BCUT2D eigenvalue weighted by atomic mass is 14.1. The summed E-state index contributed by atoms with van der Waals surface area (Å²) in [7, 11) is 0. The molecule has 12 rings (SSSR count). The number of aryl methyl sites for hydroxylation is 4. The highest BCUT2D eigenvalue weighted by Crippen LogP contribution is 2.30. The van der Waals surface area contributed by atoms with Crippen LogP contribution in [0.25, 0.3) is 86.2 Å². The first-order chi connectivity index (χ1) is 29.4. The van der Waals surface area contributed by atoms with Crippen LogP contribution in [0, 0.1) is 27.7 Å². The van der Waals surface area contributed by atoms with Crippen molar-refractivity contribution in [3.63, 3.8) is 0 Å². The minimum Gasteiger partial charge on any atom is -0.0616 e. The maximum absolute atomic E-state index is 2.26. The summed E-state index contributed by atoms with van der Waals surface area (Å²) in [5, 5.41) is 21.4. The Kier molecular flexibility index (Phi) is 10.8. The number of hydrogen-bond acceptors (Lipinski definition) is 0. The van der Waals surface area contributed by atoms with Gasteiger partial charge in [0.05, 0.1) is 0 Å². The van der Waals surface area contributed by atoms with Gasteiger partial charge in [-0.1, -0.05) is 230 Å². The van der Waals surface area contributed by atoms with Crippen LogP contribution in [0.15, 0.2) is 218 Å². The Balaban J connectivity index is 0.000000103. The molecule has 0 aliphatic rings. The highest BCUT2D eigenvalue weighted by Gasteiger charge is 2.04. The molecule has 0 aromatic heterocycles. The molecule has 0 aliphatic heterocycles. The van der Waals surface area contributed by atoms with Gasteiger partial charge in [-0.2, -0.15) is 0 Å². The Morgan fingerprint density at radius 2 is 0.517 bits per heavy atom. The van der Waals surface area contributed by atoms with Crippen molar-refractivity contribution in [3.05, 3.63) is 241 Å². The van der Waals surface area contributed by atoms with Gasteiger partial charge in [-0.15, -0.1) is 0 Å². The predicted octanol–water partition coefficient (Wildman–Crippen LogP) is 17.2. The molecule has 0 aliphatic carbocycles. The second-order valence-corrected chi connectivity index (χ2v) is 15.9. The minimum atomic E-state index is 1.31. The average molecular weight is 769 g/mol. The molecule has 0 bridgehead atoms. The van der Waals surface area contributed by atoms with Crippen molar-refractivity contribution < 1.29 is 0 Å². The first-order valence-electron chi connectivity index (χ1n) is 20.9. The molecular weight excluding hydrogens is 721 g/mol. The average Bonchev–Trinajstić information content (AvgIpc) is 3.29. The summed E-state index contributed by atoms with van der Waals surface area (Å²) in [6, 6.07) is 78.0. The third kappa shape index (κ3) is 7.81. The first kappa shape index (κ1) is 38.2. The monoisotopic (exact) mass is 768 g/mol. The second-order valence-electron chi connectivity index (χ2n) is 15.9. The topological polar surface area (TPSA) is 0 Å². The molecule has 0 N–H and O–H groups in total. The van der Waals surface area contributed by atoms with Crippen LogP contribution in [0.3, 0.4) is 0 Å². The molecule has 0 unspecified atom stereocenters. The normalized spacial score (nSPS) is 11.0. The third-order valence-corrected chi connectivity index (χ3v) is 11.8. The third-order valence-electron chi connectivity index (χ3n) is 11.8. The second kappa shape index (κ2) is 16.9. The molecule has 60 heavy (non-hydrogen) atoms. The molecule has 0 saturated carbocycles. The predicted molar refractivity (Wildman–Crippen MR) is 265 cm³/mol. The van der Waals surface area contributed by atoms with E-state index in [1.165, 1.54) is 108 Å². The number of benzene rings is 12. The van der Waals surface area contributed by atoms with E-state index in [4.69, 9.17) is 0 Å². The van der Waals surface area contributed by atoms with Crippen LogP contribution in [-0.2, 0) is 0 Å². The van der Waals surface area contributed by atoms with Gasteiger partial charge in [-0.3, -0.25) is 0 Å². The van der Waals surface area contributed by atoms with Crippen molar-refractivity contribution in [1.82, 2.24) is 0 Å². The van der Waals surface area contributed by atoms with Gasteiger partial charge >= 0.3 is 0 Å². The number of fused-ring (bicyclic) bond motifs is 12. The molecule has 0 amide bonds. The zero-order valence-corrected chi connectivity index (χ0v) is 34.8. The molecule has 0 spiro atoms. The van der Waals surface area contributed by atoms with E-state index in [2.05, 4.69) is 246 Å². The largest absolute Gasteiger partial charge is 0.0616 e. The summed E-state index contributed by atoms with van der Waals surface area (Å²) in [6.45, 7) is 8.61. The van der Waals surface area contributed by atoms with E-state index in [9.17, 15) is 0 Å². The molecule has 0 heterocycles. The molecular formula is C60H48. The summed E-state index contributed by atoms with van der Waals surface area (Å²) in [4.78, 5) is 0. The summed E-state index contributed by atoms with van der Waals surface area (Å²) in [5.41, 5.74) is 5.33. The van der Waals surface area contributed by atoms with E-state index in [0.29, 0.717) is 0 Å². The molecule has 0 heteroatoms. The van der Waals surface area contributed by atoms with E-state index in [1.807, 2.05) is 0 Å². The van der Waals surface area contributed by atoms with Crippen LogP contribution in [0.1, 0.15) is 22.3 Å². The van der Waals surface area contributed by atoms with E-state index >= 15 is 0 Å². The maximum atomic E-state index is 2.26. The minimum absolute atomic E-state index is 1.31. The Morgan fingerprint density at radius 3 is 1.15 bits per heavy atom. The molecule has 12 aromatic rings. The molecule has 0 fully saturated rings. The maximum Gasteiger partial charge on any atom is -0.0103 e. The lowest BCUT2D eigenvalue weighted by atomic mass is 9.98. The summed E-state index contributed by atoms with van der Waals surface area (Å²) in [6.07, 6.45) is 0. The fourth-order valence-corrected chi connectivity index (χ4v) is 8.69. The van der Waals surface area contributed by atoms with Crippen molar-refractivity contribution >= 4 is 86.2 Å². The SMILES string of the molecule is Cc1cc2ccccc2c2ccccc12.Cc1ccc2c(ccc3ccccc32)c1.Cc1ccc2ccc3ccccc3c2c1.Cc1cccc2c1ccc1ccccc12. The Bertz CT molecular complexity index is 3410. The lowest BCUT2D eigenvalue weighted by Gasteiger charge is -2.06. The van der Waals surface area contributed by atoms with Gasteiger partial charge in [0.2, 0.25) is 0 Å². The smallest absolute Gasteiger partial charge is 0.0103 e. The van der Waals surface area contributed by atoms with Crippen LogP contribution in [0.5, 0.6) is 0 Å². The quantitative estimate of drug-likeness (QED) is 0.135. The fraction of sp³-hybridized carbons (Fsp3) is 0.0667. The van der Waals surface area contributed by atoms with Crippen LogP contribution < -0.4 is 0 Å². The number of rotatable bonds is 0. The standard InChI is InChI=1S/4C15H12/c1-11-10-12-6-2-3-8-14(12)15-9-5-4-7-13(11)15;1-11-5-4-8-15-13(11)10-9-12-6-2-3-7-14(12)15;1-11-6-9-15-13(10-11)8-7-12-4-2-3-5-14(12)15;1-11-6-7-13-9-8-12-4-2-3-5-14(12)15(13)10-11/h4*2-10H,1H3. The molecule has 0 saturated heterocycles. The van der Waals surface area contributed by atoms with Gasteiger partial charge < -0.3 is 0 Å². The van der Waals surface area contributed by atoms with Crippen LogP contribution in [0.2, 0.25) is 0 Å². The molecule has 288 valence electrons. The Morgan fingerprint density at radius 1 is 0.183 bits per heavy atom. The Hall–Kier alpha value is -7.28. The lowest BCUT2D eigenvalue weighted by molar-refractivity contribution is 1.51. The van der Waals surface area contributed by atoms with Gasteiger partial charge in [-0.25, -0.2) is 0 Å². The van der Waals surface area contributed by atoms with Gasteiger partial charge in [-0.05, 0) is 125 Å². The van der Waals surface area contributed by atoms with E-state index < -0.39 is 0 Å². The van der Waals surface area contributed by atoms with E-state index in [0.717, 1.165) is 0 Å². The van der Waals surface area contributed by atoms with Crippen LogP contribution >= 0.6 is 0 Å². The summed E-state index contributed by atoms with van der Waals surface area (Å²) in [5.74, 6) is 0. The summed E-state index contributed by atoms with van der Waals surface area (Å²) < 4.78 is 0. The van der Waals surface area contributed by atoms with Gasteiger partial charge in [0.15, 0.2) is 0 Å². The van der Waals surface area contributed by atoms with Crippen molar-refractivity contribution in [2.45, 2.75) is 27.7 Å². The van der Waals surface area contributed by atoms with E-state index in [1.54, 1.807) is 0 Å². The zero-order chi connectivity index (χ0) is 41.0. The van der Waals surface area contributed by atoms with Crippen molar-refractivity contribution in [3.8, 4) is 0 Å². The van der Waals surface area contributed by atoms with Crippen LogP contribution in [0.4, 0.5) is 0 Å². The van der Waals surface area contributed by atoms with E-state index in [-0.39, 0.29) is 0 Å². The number of hydrogen-bond donors (Lipinski definition) is 0. The van der Waals surface area contributed by atoms with Gasteiger partial charge in [0.1, 0.15) is 0 Å².